The zero-order chi connectivity index (χ0) is 24.5. The Labute approximate surface area is 207 Å². The molecular weight excluding hydrogens is 472 g/mol. The van der Waals surface area contributed by atoms with Crippen molar-refractivity contribution < 1.29 is 17.4 Å². The summed E-state index contributed by atoms with van der Waals surface area (Å²) < 4.78 is 26.4. The Morgan fingerprint density at radius 3 is 2.12 bits per heavy atom. The first kappa shape index (κ1) is 28.1. The highest BCUT2D eigenvalue weighted by Gasteiger charge is 2.05. The molecule has 0 saturated carbocycles. The molecule has 188 valence electrons. The van der Waals surface area contributed by atoms with Gasteiger partial charge in [0.15, 0.2) is 5.16 Å². The van der Waals surface area contributed by atoms with Crippen molar-refractivity contribution in [1.82, 2.24) is 15.3 Å². The average Bonchev–Trinajstić information content (AvgIpc) is 2.80. The van der Waals surface area contributed by atoms with Gasteiger partial charge < -0.3 is 9.50 Å². The van der Waals surface area contributed by atoms with Gasteiger partial charge in [-0.3, -0.25) is 4.79 Å². The highest BCUT2D eigenvalue weighted by atomic mass is 32.2. The molecule has 34 heavy (non-hydrogen) atoms. The number of benzene rings is 1. The number of carbonyl (C=O) groups is 1. The molecule has 0 aliphatic carbocycles. The number of hydrogen-bond acceptors (Lipinski definition) is 7. The predicted octanol–water partition coefficient (Wildman–Crippen LogP) is 4.41. The molecule has 0 atom stereocenters. The van der Waals surface area contributed by atoms with E-state index < -0.39 is 10.3 Å². The van der Waals surface area contributed by atoms with Crippen molar-refractivity contribution in [2.75, 3.05) is 12.3 Å². The summed E-state index contributed by atoms with van der Waals surface area (Å²) in [5, 5.41) is 8.63. The molecule has 0 saturated heterocycles. The minimum absolute atomic E-state index is 0.0768. The van der Waals surface area contributed by atoms with Crippen LogP contribution in [0.3, 0.4) is 0 Å². The average molecular weight is 509 g/mol. The molecule has 1 aromatic carbocycles. The lowest BCUT2D eigenvalue weighted by Crippen LogP contribution is -2.25. The van der Waals surface area contributed by atoms with Crippen molar-refractivity contribution in [3.05, 3.63) is 48.3 Å². The summed E-state index contributed by atoms with van der Waals surface area (Å²) in [7, 11) is -4.01. The molecule has 0 spiro atoms. The Balaban J connectivity index is 1.37. The Morgan fingerprint density at radius 2 is 1.50 bits per heavy atom. The highest BCUT2D eigenvalue weighted by molar-refractivity contribution is 7.99. The number of unbranched alkanes of at least 4 members (excludes halogenated alkanes) is 8. The van der Waals surface area contributed by atoms with Crippen molar-refractivity contribution in [1.29, 1.82) is 0 Å². The number of amides is 1. The summed E-state index contributed by atoms with van der Waals surface area (Å²) in [5.41, 5.74) is 0.978. The van der Waals surface area contributed by atoms with Crippen LogP contribution in [-0.4, -0.2) is 36.6 Å². The first-order chi connectivity index (χ1) is 16.4. The lowest BCUT2D eigenvalue weighted by atomic mass is 10.1. The molecular formula is C24H36N4O4S2. The molecule has 1 heterocycles. The van der Waals surface area contributed by atoms with Crippen LogP contribution in [0.15, 0.2) is 47.9 Å². The van der Waals surface area contributed by atoms with Crippen molar-refractivity contribution >= 4 is 28.0 Å². The second-order valence-electron chi connectivity index (χ2n) is 8.13. The van der Waals surface area contributed by atoms with Crippen LogP contribution >= 0.6 is 11.8 Å². The third-order valence-electron chi connectivity index (χ3n) is 5.19. The Morgan fingerprint density at radius 1 is 0.912 bits per heavy atom. The van der Waals surface area contributed by atoms with Crippen molar-refractivity contribution in [2.24, 2.45) is 5.14 Å². The Kier molecular flexibility index (Phi) is 13.6. The van der Waals surface area contributed by atoms with Crippen LogP contribution in [0, 0.1) is 0 Å². The minimum atomic E-state index is -4.01. The molecule has 0 aliphatic rings. The van der Waals surface area contributed by atoms with E-state index in [-0.39, 0.29) is 11.7 Å². The normalized spacial score (nSPS) is 11.3. The first-order valence-electron chi connectivity index (χ1n) is 11.9. The van der Waals surface area contributed by atoms with Gasteiger partial charge in [-0.1, -0.05) is 68.8 Å². The molecule has 10 heteroatoms. The van der Waals surface area contributed by atoms with E-state index in [4.69, 9.17) is 5.14 Å². The number of nitrogens with two attached hydrogens (primary N) is 1. The number of nitrogens with zero attached hydrogens (tertiary/aromatic N) is 2. The van der Waals surface area contributed by atoms with E-state index in [0.717, 1.165) is 29.3 Å². The molecule has 2 aromatic rings. The van der Waals surface area contributed by atoms with Crippen molar-refractivity contribution in [3.8, 4) is 5.75 Å². The maximum Gasteiger partial charge on any atom is 0.380 e. The fraction of sp³-hybridized carbons (Fsp3) is 0.542. The zero-order valence-electron chi connectivity index (χ0n) is 19.7. The number of carbonyl (C=O) groups excluding carboxylic acids is 1. The van der Waals surface area contributed by atoms with Gasteiger partial charge in [0.2, 0.25) is 5.91 Å². The van der Waals surface area contributed by atoms with Crippen LogP contribution in [0.5, 0.6) is 5.75 Å². The fourth-order valence-electron chi connectivity index (χ4n) is 3.43. The zero-order valence-corrected chi connectivity index (χ0v) is 21.3. The van der Waals surface area contributed by atoms with Crippen LogP contribution in [0.1, 0.15) is 69.8 Å². The molecule has 0 radical (unpaired) electrons. The van der Waals surface area contributed by atoms with Gasteiger partial charge in [-0.15, -0.1) is 0 Å². The van der Waals surface area contributed by atoms with E-state index in [0.29, 0.717) is 19.4 Å². The molecule has 3 N–H and O–H groups in total. The van der Waals surface area contributed by atoms with E-state index in [1.54, 1.807) is 48.4 Å². The van der Waals surface area contributed by atoms with Crippen molar-refractivity contribution in [3.63, 3.8) is 0 Å². The molecule has 1 aromatic heterocycles. The van der Waals surface area contributed by atoms with Crippen LogP contribution < -0.4 is 14.6 Å². The van der Waals surface area contributed by atoms with E-state index >= 15 is 0 Å². The fourth-order valence-corrected chi connectivity index (χ4v) is 4.61. The summed E-state index contributed by atoms with van der Waals surface area (Å²) >= 11 is 1.72. The van der Waals surface area contributed by atoms with E-state index in [2.05, 4.69) is 19.5 Å². The number of hydrogen-bond donors (Lipinski definition) is 2. The lowest BCUT2D eigenvalue weighted by Gasteiger charge is -2.07. The lowest BCUT2D eigenvalue weighted by molar-refractivity contribution is -0.121. The SMILES string of the molecule is NS(=O)(=O)Oc1ccc(CCNC(=O)CCCCCCCCCCCSc2ncccn2)cc1. The molecule has 0 fully saturated rings. The van der Waals surface area contributed by atoms with Gasteiger partial charge in [0.1, 0.15) is 5.75 Å². The van der Waals surface area contributed by atoms with Gasteiger partial charge in [-0.05, 0) is 43.0 Å². The van der Waals surface area contributed by atoms with Crippen LogP contribution in [0.25, 0.3) is 0 Å². The van der Waals surface area contributed by atoms with Crippen LogP contribution in [-0.2, 0) is 21.5 Å². The predicted molar refractivity (Wildman–Crippen MR) is 136 cm³/mol. The first-order valence-corrected chi connectivity index (χ1v) is 14.4. The van der Waals surface area contributed by atoms with Gasteiger partial charge in [-0.2, -0.15) is 13.6 Å². The van der Waals surface area contributed by atoms with E-state index in [9.17, 15) is 13.2 Å². The second kappa shape index (κ2) is 16.5. The molecule has 0 aliphatic heterocycles. The largest absolute Gasteiger partial charge is 0.380 e. The third kappa shape index (κ3) is 14.2. The molecule has 8 nitrogen and oxygen atoms in total. The summed E-state index contributed by atoms with van der Waals surface area (Å²) in [6, 6.07) is 8.43. The number of aromatic nitrogens is 2. The maximum atomic E-state index is 12.0. The quantitative estimate of drug-likeness (QED) is 0.174. The van der Waals surface area contributed by atoms with E-state index in [1.807, 2.05) is 6.07 Å². The Hall–Kier alpha value is -2.17. The van der Waals surface area contributed by atoms with Crippen molar-refractivity contribution in [2.45, 2.75) is 75.8 Å². The summed E-state index contributed by atoms with van der Waals surface area (Å²) in [6.45, 7) is 0.547. The highest BCUT2D eigenvalue weighted by Crippen LogP contribution is 2.16. The maximum absolute atomic E-state index is 12.0. The molecule has 1 amide bonds. The summed E-state index contributed by atoms with van der Waals surface area (Å²) in [5.74, 6) is 1.32. The van der Waals surface area contributed by atoms with Gasteiger partial charge in [0.25, 0.3) is 0 Å². The smallest absolute Gasteiger partial charge is 0.371 e. The van der Waals surface area contributed by atoms with Gasteiger partial charge in [-0.25, -0.2) is 9.97 Å². The second-order valence-corrected chi connectivity index (χ2v) is 10.3. The third-order valence-corrected chi connectivity index (χ3v) is 6.58. The Bertz CT molecular complexity index is 926. The van der Waals surface area contributed by atoms with Gasteiger partial charge in [0, 0.05) is 31.1 Å². The number of rotatable bonds is 18. The van der Waals surface area contributed by atoms with Crippen LogP contribution in [0.2, 0.25) is 0 Å². The van der Waals surface area contributed by atoms with Gasteiger partial charge >= 0.3 is 10.3 Å². The number of thioether (sulfide) groups is 1. The van der Waals surface area contributed by atoms with E-state index in [1.165, 1.54) is 44.9 Å². The summed E-state index contributed by atoms with van der Waals surface area (Å²) in [4.78, 5) is 20.4. The molecule has 0 unspecified atom stereocenters. The topological polar surface area (TPSA) is 124 Å². The van der Waals surface area contributed by atoms with Crippen LogP contribution in [0.4, 0.5) is 0 Å². The monoisotopic (exact) mass is 508 g/mol. The molecule has 2 rings (SSSR count). The number of nitrogens with one attached hydrogen (secondary N) is 1. The standard InChI is InChI=1S/C24H36N4O4S2/c25-34(30,31)32-22-14-12-21(13-15-22)16-19-26-23(29)11-8-6-4-2-1-3-5-7-9-20-33-24-27-17-10-18-28-24/h10,12-15,17-18H,1-9,11,16,19-20H2,(H,26,29)(H2,25,30,31). The van der Waals surface area contributed by atoms with Gasteiger partial charge in [0.05, 0.1) is 0 Å². The summed E-state index contributed by atoms with van der Waals surface area (Å²) in [6.07, 6.45) is 15.5. The molecule has 0 bridgehead atoms. The minimum Gasteiger partial charge on any atom is -0.371 e.